The molecular formula is C16H21NO5. The number of aromatic nitrogens is 1. The van der Waals surface area contributed by atoms with Crippen LogP contribution in [0.4, 0.5) is 0 Å². The van der Waals surface area contributed by atoms with Crippen molar-refractivity contribution in [3.05, 3.63) is 22.5 Å². The summed E-state index contributed by atoms with van der Waals surface area (Å²) in [4.78, 5) is 39.0. The van der Waals surface area contributed by atoms with E-state index in [0.717, 1.165) is 6.42 Å². The molecule has 0 bridgehead atoms. The summed E-state index contributed by atoms with van der Waals surface area (Å²) in [5.74, 6) is -1.05. The topological polar surface area (TPSA) is 85.5 Å². The third-order valence-corrected chi connectivity index (χ3v) is 3.89. The number of esters is 2. The van der Waals surface area contributed by atoms with Gasteiger partial charge in [0.15, 0.2) is 6.61 Å². The van der Waals surface area contributed by atoms with Gasteiger partial charge >= 0.3 is 11.9 Å². The zero-order chi connectivity index (χ0) is 16.4. The van der Waals surface area contributed by atoms with Gasteiger partial charge in [0.05, 0.1) is 23.7 Å². The van der Waals surface area contributed by atoms with E-state index >= 15 is 0 Å². The first kappa shape index (κ1) is 16.3. The number of nitrogens with one attached hydrogen (secondary N) is 1. The minimum Gasteiger partial charge on any atom is -0.462 e. The number of ether oxygens (including phenoxy) is 2. The molecule has 0 aliphatic heterocycles. The Labute approximate surface area is 129 Å². The summed E-state index contributed by atoms with van der Waals surface area (Å²) in [6.45, 7) is 6.94. The first-order chi connectivity index (χ1) is 10.4. The Kier molecular flexibility index (Phi) is 4.68. The molecule has 1 saturated carbocycles. The average molecular weight is 307 g/mol. The normalized spacial score (nSPS) is 19.6. The Morgan fingerprint density at radius 2 is 1.73 bits per heavy atom. The van der Waals surface area contributed by atoms with E-state index in [9.17, 15) is 14.4 Å². The monoisotopic (exact) mass is 307 g/mol. The van der Waals surface area contributed by atoms with Crippen molar-refractivity contribution < 1.29 is 23.9 Å². The largest absolute Gasteiger partial charge is 0.462 e. The van der Waals surface area contributed by atoms with Crippen molar-refractivity contribution in [1.29, 1.82) is 0 Å². The number of carbonyl (C=O) groups is 3. The lowest BCUT2D eigenvalue weighted by Crippen LogP contribution is -2.19. The fraction of sp³-hybridized carbons (Fsp3) is 0.562. The van der Waals surface area contributed by atoms with Gasteiger partial charge in [-0.1, -0.05) is 6.92 Å². The van der Waals surface area contributed by atoms with Gasteiger partial charge in [0, 0.05) is 11.4 Å². The summed E-state index contributed by atoms with van der Waals surface area (Å²) in [6, 6.07) is 0. The third kappa shape index (κ3) is 3.21. The van der Waals surface area contributed by atoms with Gasteiger partial charge in [0.2, 0.25) is 5.78 Å². The molecule has 2 rings (SSSR count). The van der Waals surface area contributed by atoms with Crippen LogP contribution in [0.25, 0.3) is 0 Å². The molecule has 1 fully saturated rings. The molecule has 120 valence electrons. The number of Topliss-reactive ketones (excluding diaryl/α,β-unsaturated/α-hetero) is 1. The van der Waals surface area contributed by atoms with Crippen LogP contribution >= 0.6 is 0 Å². The smallest absolute Gasteiger partial charge is 0.340 e. The van der Waals surface area contributed by atoms with Gasteiger partial charge in [-0.3, -0.25) is 9.59 Å². The number of aryl methyl sites for hydroxylation is 2. The Morgan fingerprint density at radius 3 is 2.27 bits per heavy atom. The van der Waals surface area contributed by atoms with E-state index in [0.29, 0.717) is 17.3 Å². The molecule has 0 saturated heterocycles. The molecule has 0 unspecified atom stereocenters. The average Bonchev–Trinajstić information content (AvgIpc) is 3.10. The van der Waals surface area contributed by atoms with Crippen LogP contribution in [0.5, 0.6) is 0 Å². The van der Waals surface area contributed by atoms with Crippen LogP contribution in [0, 0.1) is 25.7 Å². The zero-order valence-corrected chi connectivity index (χ0v) is 13.3. The molecule has 0 amide bonds. The highest BCUT2D eigenvalue weighted by Gasteiger charge is 2.40. The Morgan fingerprint density at radius 1 is 1.14 bits per heavy atom. The van der Waals surface area contributed by atoms with E-state index in [1.165, 1.54) is 0 Å². The van der Waals surface area contributed by atoms with Gasteiger partial charge in [-0.2, -0.15) is 0 Å². The van der Waals surface area contributed by atoms with Crippen molar-refractivity contribution in [2.24, 2.45) is 11.8 Å². The van der Waals surface area contributed by atoms with Crippen molar-refractivity contribution in [2.75, 3.05) is 13.2 Å². The fourth-order valence-corrected chi connectivity index (χ4v) is 2.55. The summed E-state index contributed by atoms with van der Waals surface area (Å²) in [6.07, 6.45) is 0.809. The lowest BCUT2D eigenvalue weighted by molar-refractivity contribution is -0.144. The van der Waals surface area contributed by atoms with Gasteiger partial charge in [0.25, 0.3) is 0 Å². The molecule has 1 aliphatic rings. The number of H-pyrrole nitrogens is 1. The maximum atomic E-state index is 12.3. The molecule has 0 radical (unpaired) electrons. The number of carbonyl (C=O) groups excluding carboxylic acids is 3. The molecule has 6 nitrogen and oxygen atoms in total. The quantitative estimate of drug-likeness (QED) is 0.643. The molecule has 0 spiro atoms. The first-order valence-corrected chi connectivity index (χ1v) is 7.42. The summed E-state index contributed by atoms with van der Waals surface area (Å²) < 4.78 is 10.0. The van der Waals surface area contributed by atoms with Crippen molar-refractivity contribution in [3.63, 3.8) is 0 Å². The zero-order valence-electron chi connectivity index (χ0n) is 13.3. The highest BCUT2D eigenvalue weighted by Crippen LogP contribution is 2.38. The SMILES string of the molecule is CCOC(=O)c1c(C)[nH]c(C)c1C(=O)COC(=O)[C@@H]1C[C@@H]1C. The van der Waals surface area contributed by atoms with Crippen molar-refractivity contribution >= 4 is 17.7 Å². The van der Waals surface area contributed by atoms with Crippen LogP contribution < -0.4 is 0 Å². The highest BCUT2D eigenvalue weighted by molar-refractivity contribution is 6.09. The summed E-state index contributed by atoms with van der Waals surface area (Å²) in [5, 5.41) is 0. The van der Waals surface area contributed by atoms with Crippen LogP contribution in [0.2, 0.25) is 0 Å². The van der Waals surface area contributed by atoms with Crippen LogP contribution in [0.15, 0.2) is 0 Å². The van der Waals surface area contributed by atoms with E-state index in [4.69, 9.17) is 9.47 Å². The van der Waals surface area contributed by atoms with E-state index in [2.05, 4.69) is 4.98 Å². The third-order valence-electron chi connectivity index (χ3n) is 3.89. The molecule has 6 heteroatoms. The van der Waals surface area contributed by atoms with E-state index < -0.39 is 11.8 Å². The number of rotatable bonds is 6. The maximum Gasteiger partial charge on any atom is 0.340 e. The number of hydrogen-bond donors (Lipinski definition) is 1. The number of hydrogen-bond acceptors (Lipinski definition) is 5. The molecule has 1 aliphatic carbocycles. The first-order valence-electron chi connectivity index (χ1n) is 7.42. The predicted octanol–water partition coefficient (Wildman–Crippen LogP) is 2.19. The second kappa shape index (κ2) is 6.34. The van der Waals surface area contributed by atoms with Gasteiger partial charge in [-0.15, -0.1) is 0 Å². The highest BCUT2D eigenvalue weighted by atomic mass is 16.5. The second-order valence-corrected chi connectivity index (χ2v) is 5.70. The molecule has 22 heavy (non-hydrogen) atoms. The lowest BCUT2D eigenvalue weighted by atomic mass is 10.1. The molecule has 1 aromatic rings. The summed E-state index contributed by atoms with van der Waals surface area (Å²) in [7, 11) is 0. The molecule has 0 aromatic carbocycles. The van der Waals surface area contributed by atoms with E-state index in [-0.39, 0.29) is 36.2 Å². The standard InChI is InChI=1S/C16H21NO5/c1-5-21-16(20)14-10(4)17-9(3)13(14)12(18)7-22-15(19)11-6-8(11)2/h8,11,17H,5-7H2,1-4H3/t8-,11+/m0/s1. The predicted molar refractivity (Wildman–Crippen MR) is 78.8 cm³/mol. The maximum absolute atomic E-state index is 12.3. The Hall–Kier alpha value is -2.11. The summed E-state index contributed by atoms with van der Waals surface area (Å²) >= 11 is 0. The molecule has 1 aromatic heterocycles. The van der Waals surface area contributed by atoms with Gasteiger partial charge < -0.3 is 14.5 Å². The van der Waals surface area contributed by atoms with Gasteiger partial charge in [-0.05, 0) is 33.1 Å². The number of aromatic amines is 1. The van der Waals surface area contributed by atoms with E-state index in [1.807, 2.05) is 6.92 Å². The van der Waals surface area contributed by atoms with Crippen LogP contribution in [0.1, 0.15) is 52.4 Å². The minimum atomic E-state index is -0.546. The fourth-order valence-electron chi connectivity index (χ4n) is 2.55. The van der Waals surface area contributed by atoms with Crippen molar-refractivity contribution in [2.45, 2.75) is 34.1 Å². The Bertz CT molecular complexity index is 616. The number of ketones is 1. The second-order valence-electron chi connectivity index (χ2n) is 5.70. The van der Waals surface area contributed by atoms with Crippen LogP contribution in [-0.2, 0) is 14.3 Å². The van der Waals surface area contributed by atoms with E-state index in [1.54, 1.807) is 20.8 Å². The Balaban J connectivity index is 2.11. The molecule has 1 N–H and O–H groups in total. The minimum absolute atomic E-state index is 0.0913. The van der Waals surface area contributed by atoms with Crippen molar-refractivity contribution in [1.82, 2.24) is 4.98 Å². The van der Waals surface area contributed by atoms with Crippen molar-refractivity contribution in [3.8, 4) is 0 Å². The van der Waals surface area contributed by atoms with Gasteiger partial charge in [-0.25, -0.2) is 4.79 Å². The molecule has 1 heterocycles. The van der Waals surface area contributed by atoms with Crippen LogP contribution in [-0.4, -0.2) is 35.9 Å². The van der Waals surface area contributed by atoms with Crippen LogP contribution in [0.3, 0.4) is 0 Å². The van der Waals surface area contributed by atoms with Gasteiger partial charge in [0.1, 0.15) is 0 Å². The summed E-state index contributed by atoms with van der Waals surface area (Å²) in [5.41, 5.74) is 1.61. The molecular weight excluding hydrogens is 286 g/mol. The lowest BCUT2D eigenvalue weighted by Gasteiger charge is -2.07. The molecule has 2 atom stereocenters.